The maximum Gasteiger partial charge on any atom is 0.273 e. The lowest BCUT2D eigenvalue weighted by Crippen LogP contribution is -2.23. The Morgan fingerprint density at radius 2 is 1.91 bits per heavy atom. The van der Waals surface area contributed by atoms with Crippen LogP contribution in [0.4, 0.5) is 4.39 Å². The van der Waals surface area contributed by atoms with Crippen molar-refractivity contribution in [1.82, 2.24) is 19.2 Å². The van der Waals surface area contributed by atoms with Crippen LogP contribution >= 0.6 is 34.7 Å². The third-order valence-electron chi connectivity index (χ3n) is 5.54. The molecule has 33 heavy (non-hydrogen) atoms. The molecule has 0 fully saturated rings. The molecule has 0 aliphatic heterocycles. The molecule has 0 aliphatic rings. The van der Waals surface area contributed by atoms with Crippen LogP contribution < -0.4 is 5.56 Å². The first-order chi connectivity index (χ1) is 15.9. The molecule has 0 bridgehead atoms. The van der Waals surface area contributed by atoms with E-state index in [9.17, 15) is 9.18 Å². The minimum Gasteiger partial charge on any atom is -0.271 e. The molecule has 0 saturated carbocycles. The summed E-state index contributed by atoms with van der Waals surface area (Å²) in [6.45, 7) is 4.71. The molecule has 5 nitrogen and oxygen atoms in total. The Hall–Kier alpha value is -2.68. The molecule has 9 heteroatoms. The zero-order chi connectivity index (χ0) is 23.1. The Morgan fingerprint density at radius 1 is 1.12 bits per heavy atom. The van der Waals surface area contributed by atoms with Crippen molar-refractivity contribution in [2.45, 2.75) is 37.2 Å². The minimum absolute atomic E-state index is 0.0778. The lowest BCUT2D eigenvalue weighted by Gasteiger charge is -2.11. The summed E-state index contributed by atoms with van der Waals surface area (Å²) in [6, 6.07) is 14.6. The van der Waals surface area contributed by atoms with Crippen molar-refractivity contribution < 1.29 is 4.39 Å². The summed E-state index contributed by atoms with van der Waals surface area (Å²) >= 11 is 9.05. The van der Waals surface area contributed by atoms with Gasteiger partial charge in [0.1, 0.15) is 10.5 Å². The molecular weight excluding hydrogens is 479 g/mol. The summed E-state index contributed by atoms with van der Waals surface area (Å²) in [5.41, 5.74) is 3.79. The fourth-order valence-electron chi connectivity index (χ4n) is 3.71. The molecule has 0 spiro atoms. The predicted molar refractivity (Wildman–Crippen MR) is 133 cm³/mol. The van der Waals surface area contributed by atoms with Crippen LogP contribution in [-0.4, -0.2) is 19.2 Å². The van der Waals surface area contributed by atoms with Crippen molar-refractivity contribution in [3.05, 3.63) is 91.8 Å². The number of fused-ring (bicyclic) bond motifs is 3. The van der Waals surface area contributed by atoms with E-state index in [-0.39, 0.29) is 11.4 Å². The van der Waals surface area contributed by atoms with Gasteiger partial charge in [0.25, 0.3) is 5.56 Å². The van der Waals surface area contributed by atoms with Crippen molar-refractivity contribution in [3.8, 4) is 0 Å². The van der Waals surface area contributed by atoms with Gasteiger partial charge in [-0.25, -0.2) is 4.39 Å². The lowest BCUT2D eigenvalue weighted by atomic mass is 10.0. The average Bonchev–Trinajstić information content (AvgIpc) is 3.43. The van der Waals surface area contributed by atoms with Crippen LogP contribution in [0.15, 0.2) is 63.9 Å². The maximum absolute atomic E-state index is 13.4. The first-order valence-corrected chi connectivity index (χ1v) is 12.7. The predicted octanol–water partition coefficient (Wildman–Crippen LogP) is 6.36. The van der Waals surface area contributed by atoms with Gasteiger partial charge < -0.3 is 0 Å². The van der Waals surface area contributed by atoms with Gasteiger partial charge in [-0.1, -0.05) is 67.5 Å². The molecular formula is C24H20ClFN4OS2. The van der Waals surface area contributed by atoms with E-state index in [0.29, 0.717) is 38.9 Å². The van der Waals surface area contributed by atoms with E-state index in [2.05, 4.69) is 48.3 Å². The molecule has 3 heterocycles. The van der Waals surface area contributed by atoms with Gasteiger partial charge in [0.15, 0.2) is 5.16 Å². The second kappa shape index (κ2) is 8.93. The molecule has 0 aliphatic carbocycles. The quantitative estimate of drug-likeness (QED) is 0.255. The number of rotatable bonds is 6. The van der Waals surface area contributed by atoms with Gasteiger partial charge in [-0.15, -0.1) is 21.5 Å². The van der Waals surface area contributed by atoms with Gasteiger partial charge in [-0.05, 0) is 46.2 Å². The van der Waals surface area contributed by atoms with Gasteiger partial charge in [0.2, 0.25) is 5.78 Å². The SMILES string of the molecule is CC(C)c1ccc(Cn2c(=O)c3sccc3n3c(SCc4ccc(F)cc4Cl)nnc23)cc1. The van der Waals surface area contributed by atoms with Crippen LogP contribution in [-0.2, 0) is 12.3 Å². The van der Waals surface area contributed by atoms with Crippen LogP contribution in [0.25, 0.3) is 16.0 Å². The molecule has 0 radical (unpaired) electrons. The number of thioether (sulfide) groups is 1. The molecule has 0 unspecified atom stereocenters. The third-order valence-corrected chi connectivity index (χ3v) is 7.76. The fraction of sp³-hybridized carbons (Fsp3) is 0.208. The number of nitrogens with zero attached hydrogens (tertiary/aromatic N) is 4. The van der Waals surface area contributed by atoms with Gasteiger partial charge in [-0.2, -0.15) is 0 Å². The lowest BCUT2D eigenvalue weighted by molar-refractivity contribution is 0.627. The number of aromatic nitrogens is 4. The van der Waals surface area contributed by atoms with E-state index in [4.69, 9.17) is 11.6 Å². The molecule has 0 N–H and O–H groups in total. The fourth-order valence-corrected chi connectivity index (χ4v) is 5.79. The normalized spacial score (nSPS) is 11.8. The smallest absolute Gasteiger partial charge is 0.271 e. The van der Waals surface area contributed by atoms with Crippen molar-refractivity contribution in [2.24, 2.45) is 0 Å². The van der Waals surface area contributed by atoms with E-state index in [1.807, 2.05) is 15.8 Å². The number of benzene rings is 2. The summed E-state index contributed by atoms with van der Waals surface area (Å²) < 4.78 is 17.6. The van der Waals surface area contributed by atoms with Crippen molar-refractivity contribution in [1.29, 1.82) is 0 Å². The van der Waals surface area contributed by atoms with E-state index in [1.165, 1.54) is 40.8 Å². The Bertz CT molecular complexity index is 1520. The number of hydrogen-bond donors (Lipinski definition) is 0. The Morgan fingerprint density at radius 3 is 2.64 bits per heavy atom. The van der Waals surface area contributed by atoms with Gasteiger partial charge >= 0.3 is 0 Å². The van der Waals surface area contributed by atoms with E-state index in [1.54, 1.807) is 10.6 Å². The molecule has 3 aromatic heterocycles. The number of hydrogen-bond acceptors (Lipinski definition) is 5. The maximum atomic E-state index is 13.4. The summed E-state index contributed by atoms with van der Waals surface area (Å²) in [5, 5.41) is 11.7. The minimum atomic E-state index is -0.368. The Labute approximate surface area is 202 Å². The van der Waals surface area contributed by atoms with Crippen molar-refractivity contribution in [2.75, 3.05) is 0 Å². The second-order valence-electron chi connectivity index (χ2n) is 8.06. The number of halogens is 2. The molecule has 2 aromatic carbocycles. The molecule has 0 atom stereocenters. The first kappa shape index (κ1) is 22.1. The van der Waals surface area contributed by atoms with Gasteiger partial charge in [0, 0.05) is 10.8 Å². The Balaban J connectivity index is 1.55. The highest BCUT2D eigenvalue weighted by Crippen LogP contribution is 2.29. The zero-order valence-corrected chi connectivity index (χ0v) is 20.3. The molecule has 5 rings (SSSR count). The first-order valence-electron chi connectivity index (χ1n) is 10.4. The van der Waals surface area contributed by atoms with Crippen LogP contribution in [0.2, 0.25) is 5.02 Å². The van der Waals surface area contributed by atoms with Crippen molar-refractivity contribution in [3.63, 3.8) is 0 Å². The highest BCUT2D eigenvalue weighted by Gasteiger charge is 2.18. The summed E-state index contributed by atoms with van der Waals surface area (Å²) in [7, 11) is 0. The van der Waals surface area contributed by atoms with E-state index >= 15 is 0 Å². The molecule has 168 valence electrons. The van der Waals surface area contributed by atoms with Crippen molar-refractivity contribution >= 4 is 50.7 Å². The Kier molecular flexibility index (Phi) is 5.99. The summed E-state index contributed by atoms with van der Waals surface area (Å²) in [4.78, 5) is 13.3. The zero-order valence-electron chi connectivity index (χ0n) is 18.0. The average molecular weight is 499 g/mol. The summed E-state index contributed by atoms with van der Waals surface area (Å²) in [5.74, 6) is 1.07. The monoisotopic (exact) mass is 498 g/mol. The molecule has 0 amide bonds. The topological polar surface area (TPSA) is 52.2 Å². The standard InChI is InChI=1S/C24H20ClFN4OS2/c1-14(2)16-5-3-15(4-6-16)12-29-22(31)21-20(9-10-32-21)30-23(29)27-28-24(30)33-13-17-7-8-18(26)11-19(17)25/h3-11,14H,12-13H2,1-2H3. The highest BCUT2D eigenvalue weighted by atomic mass is 35.5. The van der Waals surface area contributed by atoms with Gasteiger partial charge in [0.05, 0.1) is 12.1 Å². The van der Waals surface area contributed by atoms with E-state index in [0.717, 1.165) is 16.6 Å². The highest BCUT2D eigenvalue weighted by molar-refractivity contribution is 7.98. The summed E-state index contributed by atoms with van der Waals surface area (Å²) in [6.07, 6.45) is 0. The van der Waals surface area contributed by atoms with Gasteiger partial charge in [-0.3, -0.25) is 13.8 Å². The third kappa shape index (κ3) is 4.18. The van der Waals surface area contributed by atoms with Crippen LogP contribution in [0, 0.1) is 5.82 Å². The second-order valence-corrected chi connectivity index (χ2v) is 10.3. The molecule has 5 aromatic rings. The van der Waals surface area contributed by atoms with Crippen LogP contribution in [0.3, 0.4) is 0 Å². The number of thiophene rings is 1. The largest absolute Gasteiger partial charge is 0.273 e. The van der Waals surface area contributed by atoms with Crippen LogP contribution in [0.5, 0.6) is 0 Å². The molecule has 0 saturated heterocycles. The van der Waals surface area contributed by atoms with Crippen LogP contribution in [0.1, 0.15) is 36.5 Å². The van der Waals surface area contributed by atoms with E-state index < -0.39 is 0 Å².